The summed E-state index contributed by atoms with van der Waals surface area (Å²) in [6.07, 6.45) is 3.54. The number of hydrogen-bond donors (Lipinski definition) is 2. The topological polar surface area (TPSA) is 94.2 Å². The van der Waals surface area contributed by atoms with Crippen LogP contribution >= 0.6 is 0 Å². The maximum Gasteiger partial charge on any atom is 0.337 e. The van der Waals surface area contributed by atoms with Crippen LogP contribution in [0.2, 0.25) is 0 Å². The molecule has 0 bridgehead atoms. The summed E-state index contributed by atoms with van der Waals surface area (Å²) in [5, 5.41) is 25.2. The van der Waals surface area contributed by atoms with Crippen molar-refractivity contribution in [3.63, 3.8) is 0 Å². The highest BCUT2D eigenvalue weighted by molar-refractivity contribution is 6.15. The SMILES string of the molecule is CN1C(C)(C)CC(Nc2cc(-n3c4ccccc4c4c(-c5ccc(C#N)nc5)cccc43)ccc2C(=O)O)CC1(C)C. The van der Waals surface area contributed by atoms with Crippen LogP contribution in [0.1, 0.15) is 56.6 Å². The molecule has 0 atom stereocenters. The number of aromatic nitrogens is 2. The highest BCUT2D eigenvalue weighted by Gasteiger charge is 2.43. The number of para-hydroxylation sites is 1. The fourth-order valence-corrected chi connectivity index (χ4v) is 6.83. The molecular weight excluding hydrogens is 522 g/mol. The van der Waals surface area contributed by atoms with Crippen molar-refractivity contribution in [1.82, 2.24) is 14.5 Å². The zero-order chi connectivity index (χ0) is 29.8. The van der Waals surface area contributed by atoms with Crippen molar-refractivity contribution < 1.29 is 9.90 Å². The summed E-state index contributed by atoms with van der Waals surface area (Å²) in [7, 11) is 2.17. The van der Waals surface area contributed by atoms with Gasteiger partial charge in [-0.1, -0.05) is 30.3 Å². The number of carbonyl (C=O) groups is 1. The molecule has 0 saturated carbocycles. The van der Waals surface area contributed by atoms with Crippen molar-refractivity contribution in [2.24, 2.45) is 0 Å². The summed E-state index contributed by atoms with van der Waals surface area (Å²) in [5.41, 5.74) is 6.06. The molecule has 212 valence electrons. The quantitative estimate of drug-likeness (QED) is 0.233. The van der Waals surface area contributed by atoms with E-state index in [0.717, 1.165) is 51.5 Å². The molecule has 3 heterocycles. The second kappa shape index (κ2) is 10.0. The Bertz CT molecular complexity index is 1860. The lowest BCUT2D eigenvalue weighted by atomic mass is 9.77. The average molecular weight is 558 g/mol. The van der Waals surface area contributed by atoms with E-state index in [1.165, 1.54) is 0 Å². The number of nitrogens with zero attached hydrogens (tertiary/aromatic N) is 4. The molecule has 6 rings (SSSR count). The van der Waals surface area contributed by atoms with Crippen LogP contribution in [0.4, 0.5) is 5.69 Å². The summed E-state index contributed by atoms with van der Waals surface area (Å²) in [6, 6.07) is 25.9. The molecule has 0 spiro atoms. The van der Waals surface area contributed by atoms with Crippen LogP contribution in [0.25, 0.3) is 38.6 Å². The summed E-state index contributed by atoms with van der Waals surface area (Å²) in [6.45, 7) is 8.98. The van der Waals surface area contributed by atoms with Crippen molar-refractivity contribution in [3.8, 4) is 22.9 Å². The number of rotatable bonds is 5. The Balaban J connectivity index is 1.51. The number of fused-ring (bicyclic) bond motifs is 3. The zero-order valence-corrected chi connectivity index (χ0v) is 24.6. The van der Waals surface area contributed by atoms with E-state index in [2.05, 4.69) is 84.8 Å². The normalized spacial score (nSPS) is 16.9. The van der Waals surface area contributed by atoms with Crippen LogP contribution in [-0.2, 0) is 0 Å². The van der Waals surface area contributed by atoms with Crippen LogP contribution in [0.15, 0.2) is 79.0 Å². The highest BCUT2D eigenvalue weighted by Crippen LogP contribution is 2.41. The monoisotopic (exact) mass is 557 g/mol. The Labute approximate surface area is 246 Å². The molecule has 5 aromatic rings. The second-order valence-electron chi connectivity index (χ2n) is 12.6. The number of benzene rings is 3. The van der Waals surface area contributed by atoms with E-state index in [-0.39, 0.29) is 22.7 Å². The molecule has 0 aliphatic carbocycles. The summed E-state index contributed by atoms with van der Waals surface area (Å²) < 4.78 is 2.20. The molecule has 42 heavy (non-hydrogen) atoms. The molecule has 0 unspecified atom stereocenters. The van der Waals surface area contributed by atoms with Gasteiger partial charge in [0.15, 0.2) is 0 Å². The molecule has 2 aromatic heterocycles. The Kier molecular flexibility index (Phi) is 6.55. The summed E-state index contributed by atoms with van der Waals surface area (Å²) >= 11 is 0. The van der Waals surface area contributed by atoms with E-state index >= 15 is 0 Å². The Morgan fingerprint density at radius 3 is 2.36 bits per heavy atom. The van der Waals surface area contributed by atoms with Crippen LogP contribution in [-0.4, -0.2) is 49.7 Å². The smallest absolute Gasteiger partial charge is 0.337 e. The third kappa shape index (κ3) is 4.58. The molecule has 3 aromatic carbocycles. The summed E-state index contributed by atoms with van der Waals surface area (Å²) in [5.74, 6) is -0.951. The van der Waals surface area contributed by atoms with Gasteiger partial charge in [0, 0.05) is 45.3 Å². The highest BCUT2D eigenvalue weighted by atomic mass is 16.4. The molecule has 0 amide bonds. The predicted molar refractivity (Wildman–Crippen MR) is 168 cm³/mol. The number of piperidine rings is 1. The van der Waals surface area contributed by atoms with Crippen molar-refractivity contribution in [3.05, 3.63) is 90.3 Å². The minimum atomic E-state index is -0.951. The van der Waals surface area contributed by atoms with E-state index in [1.54, 1.807) is 18.3 Å². The van der Waals surface area contributed by atoms with Crippen LogP contribution in [0.5, 0.6) is 0 Å². The Hall–Kier alpha value is -4.67. The van der Waals surface area contributed by atoms with Gasteiger partial charge in [-0.3, -0.25) is 4.90 Å². The standard InChI is InChI=1S/C35H35N5O2/c1-34(2)18-24(19-35(3,4)39(34)5)38-29-17-25(15-16-27(29)33(41)42)40-30-11-7-6-9-28(30)32-26(10-8-12-31(32)40)22-13-14-23(20-36)37-21-22/h6-17,21,24,38H,18-19H2,1-5H3,(H,41,42). The Morgan fingerprint density at radius 2 is 1.69 bits per heavy atom. The van der Waals surface area contributed by atoms with E-state index in [0.29, 0.717) is 11.4 Å². The molecule has 1 aliphatic heterocycles. The van der Waals surface area contributed by atoms with Crippen LogP contribution in [0, 0.1) is 11.3 Å². The van der Waals surface area contributed by atoms with Gasteiger partial charge in [0.25, 0.3) is 0 Å². The third-order valence-corrected chi connectivity index (χ3v) is 9.05. The summed E-state index contributed by atoms with van der Waals surface area (Å²) in [4.78, 5) is 19.1. The minimum absolute atomic E-state index is 0.0378. The number of hydrogen-bond acceptors (Lipinski definition) is 5. The van der Waals surface area contributed by atoms with Gasteiger partial charge in [0.05, 0.1) is 22.3 Å². The number of aromatic carboxylic acids is 1. The second-order valence-corrected chi connectivity index (χ2v) is 12.6. The number of nitrogens with one attached hydrogen (secondary N) is 1. The van der Waals surface area contributed by atoms with Crippen molar-refractivity contribution in [2.75, 3.05) is 12.4 Å². The first-order valence-electron chi connectivity index (χ1n) is 14.3. The zero-order valence-electron chi connectivity index (χ0n) is 24.6. The average Bonchev–Trinajstić information content (AvgIpc) is 3.30. The van der Waals surface area contributed by atoms with E-state index in [1.807, 2.05) is 36.4 Å². The fourth-order valence-electron chi connectivity index (χ4n) is 6.83. The van der Waals surface area contributed by atoms with Crippen molar-refractivity contribution in [1.29, 1.82) is 5.26 Å². The van der Waals surface area contributed by atoms with E-state index < -0.39 is 5.97 Å². The lowest BCUT2D eigenvalue weighted by Gasteiger charge is -2.54. The maximum atomic E-state index is 12.4. The lowest BCUT2D eigenvalue weighted by Crippen LogP contribution is -2.61. The van der Waals surface area contributed by atoms with Gasteiger partial charge in [0.1, 0.15) is 11.8 Å². The fraction of sp³-hybridized carbons (Fsp3) is 0.286. The lowest BCUT2D eigenvalue weighted by molar-refractivity contribution is -0.00767. The van der Waals surface area contributed by atoms with Crippen LogP contribution < -0.4 is 5.32 Å². The van der Waals surface area contributed by atoms with Gasteiger partial charge in [0.2, 0.25) is 0 Å². The third-order valence-electron chi connectivity index (χ3n) is 9.05. The molecule has 1 fully saturated rings. The number of pyridine rings is 1. The number of carboxylic acids is 1. The van der Waals surface area contributed by atoms with Crippen molar-refractivity contribution >= 4 is 33.5 Å². The molecule has 7 nitrogen and oxygen atoms in total. The first-order valence-corrected chi connectivity index (χ1v) is 14.3. The predicted octanol–water partition coefficient (Wildman–Crippen LogP) is 7.48. The van der Waals surface area contributed by atoms with Gasteiger partial charge < -0.3 is 15.0 Å². The van der Waals surface area contributed by atoms with Gasteiger partial charge >= 0.3 is 5.97 Å². The molecule has 2 N–H and O–H groups in total. The van der Waals surface area contributed by atoms with Crippen molar-refractivity contribution in [2.45, 2.75) is 57.7 Å². The minimum Gasteiger partial charge on any atom is -0.478 e. The molecule has 0 radical (unpaired) electrons. The number of anilines is 1. The van der Waals surface area contributed by atoms with Gasteiger partial charge in [-0.15, -0.1) is 0 Å². The molecular formula is C35H35N5O2. The van der Waals surface area contributed by atoms with E-state index in [9.17, 15) is 15.2 Å². The van der Waals surface area contributed by atoms with Crippen LogP contribution in [0.3, 0.4) is 0 Å². The largest absolute Gasteiger partial charge is 0.478 e. The van der Waals surface area contributed by atoms with Gasteiger partial charge in [-0.25, -0.2) is 9.78 Å². The van der Waals surface area contributed by atoms with Gasteiger partial charge in [-0.05, 0) is 95.6 Å². The Morgan fingerprint density at radius 1 is 0.976 bits per heavy atom. The number of carboxylic acid groups (broad SMARTS) is 1. The van der Waals surface area contributed by atoms with E-state index in [4.69, 9.17) is 0 Å². The molecule has 1 saturated heterocycles. The molecule has 1 aliphatic rings. The number of nitriles is 1. The van der Waals surface area contributed by atoms with Gasteiger partial charge in [-0.2, -0.15) is 5.26 Å². The first-order chi connectivity index (χ1) is 20.0. The first kappa shape index (κ1) is 27.5. The number of likely N-dealkylation sites (tertiary alicyclic amines) is 1. The molecule has 7 heteroatoms. The maximum absolute atomic E-state index is 12.4.